The summed E-state index contributed by atoms with van der Waals surface area (Å²) < 4.78 is 0. The first-order valence-corrected chi connectivity index (χ1v) is 6.21. The number of rotatable bonds is 2. The molecule has 1 aromatic heterocycles. The summed E-state index contributed by atoms with van der Waals surface area (Å²) >= 11 is 6.20. The Labute approximate surface area is 96.9 Å². The van der Waals surface area contributed by atoms with Crippen molar-refractivity contribution in [1.82, 2.24) is 4.98 Å². The molecule has 0 fully saturated rings. The lowest BCUT2D eigenvalue weighted by Crippen LogP contribution is -2.22. The first-order valence-electron chi connectivity index (χ1n) is 5.78. The number of aryl methyl sites for hydroxylation is 1. The number of nitrogens with zero attached hydrogens (tertiary/aromatic N) is 1. The van der Waals surface area contributed by atoms with E-state index in [-0.39, 0.29) is 5.38 Å². The van der Waals surface area contributed by atoms with Crippen LogP contribution >= 0.6 is 11.6 Å². The van der Waals surface area contributed by atoms with E-state index in [0.29, 0.717) is 11.8 Å². The van der Waals surface area contributed by atoms with Crippen molar-refractivity contribution >= 4 is 11.6 Å². The number of fused-ring (bicyclic) bond motifs is 1. The van der Waals surface area contributed by atoms with Crippen molar-refractivity contribution in [2.45, 2.75) is 44.4 Å². The second kappa shape index (κ2) is 4.52. The van der Waals surface area contributed by atoms with Gasteiger partial charge in [-0.25, -0.2) is 0 Å². The standard InChI is InChI=1S/C13H18ClN/c1-9(10(2)14)12-7-3-5-11-6-4-8-15-13(11)12/h4,6,8-10,12H,3,5,7H2,1-2H3. The maximum Gasteiger partial charge on any atom is 0.0469 e. The van der Waals surface area contributed by atoms with Crippen LogP contribution in [0, 0.1) is 5.92 Å². The summed E-state index contributed by atoms with van der Waals surface area (Å²) in [5.74, 6) is 1.07. The molecule has 0 spiro atoms. The summed E-state index contributed by atoms with van der Waals surface area (Å²) in [6.45, 7) is 4.33. The molecular formula is C13H18ClN. The first kappa shape index (κ1) is 10.9. The number of pyridine rings is 1. The van der Waals surface area contributed by atoms with Gasteiger partial charge in [-0.15, -0.1) is 11.6 Å². The van der Waals surface area contributed by atoms with Gasteiger partial charge in [0.05, 0.1) is 0 Å². The molecule has 0 N–H and O–H groups in total. The molecule has 2 heteroatoms. The van der Waals surface area contributed by atoms with Gasteiger partial charge in [-0.1, -0.05) is 13.0 Å². The molecule has 1 aliphatic carbocycles. The molecule has 3 unspecified atom stereocenters. The predicted octanol–water partition coefficient (Wildman–Crippen LogP) is 3.76. The zero-order chi connectivity index (χ0) is 10.8. The van der Waals surface area contributed by atoms with E-state index in [1.165, 1.54) is 30.5 Å². The van der Waals surface area contributed by atoms with E-state index in [1.54, 1.807) is 0 Å². The molecule has 82 valence electrons. The van der Waals surface area contributed by atoms with E-state index in [4.69, 9.17) is 11.6 Å². The minimum Gasteiger partial charge on any atom is -0.261 e. The molecule has 0 saturated heterocycles. The van der Waals surface area contributed by atoms with Crippen LogP contribution in [0.2, 0.25) is 0 Å². The summed E-state index contributed by atoms with van der Waals surface area (Å²) in [5, 5.41) is 0.225. The van der Waals surface area contributed by atoms with Crippen LogP contribution in [0.5, 0.6) is 0 Å². The van der Waals surface area contributed by atoms with E-state index in [9.17, 15) is 0 Å². The molecule has 1 heterocycles. The Balaban J connectivity index is 2.29. The van der Waals surface area contributed by atoms with Gasteiger partial charge in [0.25, 0.3) is 0 Å². The van der Waals surface area contributed by atoms with Gasteiger partial charge in [-0.3, -0.25) is 4.98 Å². The lowest BCUT2D eigenvalue weighted by atomic mass is 9.78. The highest BCUT2D eigenvalue weighted by atomic mass is 35.5. The molecule has 0 bridgehead atoms. The molecule has 1 nitrogen and oxygen atoms in total. The quantitative estimate of drug-likeness (QED) is 0.696. The molecule has 0 aliphatic heterocycles. The van der Waals surface area contributed by atoms with Gasteiger partial charge in [0.2, 0.25) is 0 Å². The Hall–Kier alpha value is -0.560. The van der Waals surface area contributed by atoms with Crippen LogP contribution in [0.1, 0.15) is 43.9 Å². The second-order valence-corrected chi connectivity index (χ2v) is 5.27. The van der Waals surface area contributed by atoms with E-state index in [1.807, 2.05) is 12.3 Å². The summed E-state index contributed by atoms with van der Waals surface area (Å²) in [6.07, 6.45) is 5.60. The summed E-state index contributed by atoms with van der Waals surface area (Å²) in [6, 6.07) is 4.25. The molecule has 2 rings (SSSR count). The highest BCUT2D eigenvalue weighted by Crippen LogP contribution is 2.37. The number of alkyl halides is 1. The molecule has 0 radical (unpaired) electrons. The van der Waals surface area contributed by atoms with Crippen LogP contribution in [-0.4, -0.2) is 10.4 Å². The Morgan fingerprint density at radius 2 is 2.27 bits per heavy atom. The number of hydrogen-bond acceptors (Lipinski definition) is 1. The largest absolute Gasteiger partial charge is 0.261 e. The average Bonchev–Trinajstić information content (AvgIpc) is 2.27. The van der Waals surface area contributed by atoms with Crippen LogP contribution in [0.25, 0.3) is 0 Å². The van der Waals surface area contributed by atoms with E-state index in [0.717, 1.165) is 0 Å². The smallest absolute Gasteiger partial charge is 0.0469 e. The van der Waals surface area contributed by atoms with Gasteiger partial charge in [-0.05, 0) is 43.7 Å². The molecule has 3 atom stereocenters. The van der Waals surface area contributed by atoms with Crippen LogP contribution in [0.4, 0.5) is 0 Å². The van der Waals surface area contributed by atoms with Crippen molar-refractivity contribution < 1.29 is 0 Å². The molecule has 0 saturated carbocycles. The zero-order valence-electron chi connectivity index (χ0n) is 9.41. The Kier molecular flexibility index (Phi) is 3.30. The lowest BCUT2D eigenvalue weighted by molar-refractivity contribution is 0.392. The Morgan fingerprint density at radius 3 is 3.00 bits per heavy atom. The fourth-order valence-corrected chi connectivity index (χ4v) is 2.65. The number of halogens is 1. The Morgan fingerprint density at radius 1 is 1.47 bits per heavy atom. The van der Waals surface area contributed by atoms with Crippen molar-refractivity contribution in [3.8, 4) is 0 Å². The SMILES string of the molecule is CC(Cl)C(C)C1CCCc2cccnc21. The molecule has 0 aromatic carbocycles. The summed E-state index contributed by atoms with van der Waals surface area (Å²) in [7, 11) is 0. The first-order chi connectivity index (χ1) is 7.20. The van der Waals surface area contributed by atoms with E-state index >= 15 is 0 Å². The summed E-state index contributed by atoms with van der Waals surface area (Å²) in [4.78, 5) is 4.55. The van der Waals surface area contributed by atoms with E-state index < -0.39 is 0 Å². The molecular weight excluding hydrogens is 206 g/mol. The highest BCUT2D eigenvalue weighted by Gasteiger charge is 2.28. The lowest BCUT2D eigenvalue weighted by Gasteiger charge is -2.30. The fourth-order valence-electron chi connectivity index (χ4n) is 2.48. The monoisotopic (exact) mass is 223 g/mol. The minimum atomic E-state index is 0.225. The number of aromatic nitrogens is 1. The summed E-state index contributed by atoms with van der Waals surface area (Å²) in [5.41, 5.74) is 2.72. The maximum absolute atomic E-state index is 6.20. The molecule has 15 heavy (non-hydrogen) atoms. The van der Waals surface area contributed by atoms with Crippen LogP contribution in [-0.2, 0) is 6.42 Å². The van der Waals surface area contributed by atoms with E-state index in [2.05, 4.69) is 24.9 Å². The minimum absolute atomic E-state index is 0.225. The maximum atomic E-state index is 6.20. The van der Waals surface area contributed by atoms with Crippen molar-refractivity contribution in [1.29, 1.82) is 0 Å². The van der Waals surface area contributed by atoms with Crippen LogP contribution in [0.15, 0.2) is 18.3 Å². The van der Waals surface area contributed by atoms with Crippen molar-refractivity contribution in [3.05, 3.63) is 29.6 Å². The third kappa shape index (κ3) is 2.17. The second-order valence-electron chi connectivity index (χ2n) is 4.58. The fraction of sp³-hybridized carbons (Fsp3) is 0.615. The van der Waals surface area contributed by atoms with Crippen molar-refractivity contribution in [2.24, 2.45) is 5.92 Å². The average molecular weight is 224 g/mol. The predicted molar refractivity (Wildman–Crippen MR) is 64.4 cm³/mol. The van der Waals surface area contributed by atoms with Gasteiger partial charge >= 0.3 is 0 Å². The zero-order valence-corrected chi connectivity index (χ0v) is 10.2. The van der Waals surface area contributed by atoms with Crippen LogP contribution < -0.4 is 0 Å². The van der Waals surface area contributed by atoms with Gasteiger partial charge in [-0.2, -0.15) is 0 Å². The molecule has 1 aliphatic rings. The molecule has 1 aromatic rings. The third-order valence-electron chi connectivity index (χ3n) is 3.60. The van der Waals surface area contributed by atoms with Gasteiger partial charge < -0.3 is 0 Å². The third-order valence-corrected chi connectivity index (χ3v) is 4.00. The van der Waals surface area contributed by atoms with Gasteiger partial charge in [0.15, 0.2) is 0 Å². The topological polar surface area (TPSA) is 12.9 Å². The van der Waals surface area contributed by atoms with Crippen molar-refractivity contribution in [3.63, 3.8) is 0 Å². The van der Waals surface area contributed by atoms with Crippen LogP contribution in [0.3, 0.4) is 0 Å². The number of hydrogen-bond donors (Lipinski definition) is 0. The Bertz CT molecular complexity index is 335. The highest BCUT2D eigenvalue weighted by molar-refractivity contribution is 6.20. The van der Waals surface area contributed by atoms with Gasteiger partial charge in [0, 0.05) is 23.2 Å². The van der Waals surface area contributed by atoms with Crippen molar-refractivity contribution in [2.75, 3.05) is 0 Å². The molecule has 0 amide bonds. The van der Waals surface area contributed by atoms with Gasteiger partial charge in [0.1, 0.15) is 0 Å². The normalized spacial score (nSPS) is 24.3.